The van der Waals surface area contributed by atoms with Crippen LogP contribution in [-0.4, -0.2) is 19.3 Å². The van der Waals surface area contributed by atoms with Crippen molar-refractivity contribution in [1.82, 2.24) is 5.32 Å². The van der Waals surface area contributed by atoms with E-state index in [1.54, 1.807) is 0 Å². The molecule has 22 heavy (non-hydrogen) atoms. The molecule has 0 bridgehead atoms. The van der Waals surface area contributed by atoms with E-state index in [0.717, 1.165) is 13.2 Å². The molecule has 1 aliphatic heterocycles. The first-order chi connectivity index (χ1) is 10.7. The summed E-state index contributed by atoms with van der Waals surface area (Å²) in [7, 11) is 0. The summed E-state index contributed by atoms with van der Waals surface area (Å²) in [6.07, 6.45) is 2.71. The van der Waals surface area contributed by atoms with Crippen molar-refractivity contribution in [2.24, 2.45) is 0 Å². The summed E-state index contributed by atoms with van der Waals surface area (Å²) >= 11 is 0. The normalized spacial score (nSPS) is 19.3. The van der Waals surface area contributed by atoms with E-state index >= 15 is 0 Å². The minimum absolute atomic E-state index is 0.228. The van der Waals surface area contributed by atoms with Gasteiger partial charge in [0.15, 0.2) is 0 Å². The highest BCUT2D eigenvalue weighted by atomic mass is 16.5. The average Bonchev–Trinajstić information content (AvgIpc) is 3.04. The Balaban J connectivity index is 1.85. The van der Waals surface area contributed by atoms with E-state index in [4.69, 9.17) is 4.74 Å². The highest BCUT2D eigenvalue weighted by Crippen LogP contribution is 2.26. The lowest BCUT2D eigenvalue weighted by Crippen LogP contribution is -2.31. The molecule has 0 saturated carbocycles. The molecule has 2 nitrogen and oxygen atoms in total. The van der Waals surface area contributed by atoms with Crippen molar-refractivity contribution in [3.63, 3.8) is 0 Å². The number of ether oxygens (including phenoxy) is 1. The van der Waals surface area contributed by atoms with Gasteiger partial charge in [0, 0.05) is 13.2 Å². The smallest absolute Gasteiger partial charge is 0.0700 e. The van der Waals surface area contributed by atoms with Crippen LogP contribution in [0, 0.1) is 13.8 Å². The van der Waals surface area contributed by atoms with Crippen LogP contribution in [0.2, 0.25) is 0 Å². The van der Waals surface area contributed by atoms with Gasteiger partial charge in [0.2, 0.25) is 0 Å². The fourth-order valence-electron chi connectivity index (χ4n) is 3.26. The molecule has 1 heterocycles. The molecular formula is C20H25NO. The van der Waals surface area contributed by atoms with E-state index in [-0.39, 0.29) is 6.04 Å². The monoisotopic (exact) mass is 295 g/mol. The van der Waals surface area contributed by atoms with E-state index in [9.17, 15) is 0 Å². The van der Waals surface area contributed by atoms with Gasteiger partial charge in [-0.1, -0.05) is 54.1 Å². The minimum Gasteiger partial charge on any atom is -0.377 e. The van der Waals surface area contributed by atoms with Crippen LogP contribution in [0.1, 0.15) is 41.1 Å². The lowest BCUT2D eigenvalue weighted by Gasteiger charge is -2.23. The van der Waals surface area contributed by atoms with Crippen LogP contribution in [0.15, 0.2) is 48.5 Å². The largest absolute Gasteiger partial charge is 0.377 e. The summed E-state index contributed by atoms with van der Waals surface area (Å²) in [5, 5.41) is 3.73. The first-order valence-corrected chi connectivity index (χ1v) is 8.21. The summed E-state index contributed by atoms with van der Waals surface area (Å²) < 4.78 is 5.76. The lowest BCUT2D eigenvalue weighted by atomic mass is 9.93. The van der Waals surface area contributed by atoms with Crippen molar-refractivity contribution in [1.29, 1.82) is 0 Å². The molecule has 0 radical (unpaired) electrons. The number of rotatable bonds is 5. The molecule has 1 saturated heterocycles. The summed E-state index contributed by atoms with van der Waals surface area (Å²) in [5.74, 6) is 0. The first-order valence-electron chi connectivity index (χ1n) is 8.21. The Labute approximate surface area is 133 Å². The molecule has 1 aliphatic rings. The molecule has 1 N–H and O–H groups in total. The van der Waals surface area contributed by atoms with Crippen LogP contribution in [0.4, 0.5) is 0 Å². The minimum atomic E-state index is 0.228. The van der Waals surface area contributed by atoms with E-state index < -0.39 is 0 Å². The Hall–Kier alpha value is -1.64. The van der Waals surface area contributed by atoms with Crippen LogP contribution >= 0.6 is 0 Å². The maximum atomic E-state index is 5.76. The molecule has 1 fully saturated rings. The van der Waals surface area contributed by atoms with Crippen molar-refractivity contribution in [2.45, 2.75) is 38.8 Å². The lowest BCUT2D eigenvalue weighted by molar-refractivity contribution is 0.108. The Kier molecular flexibility index (Phi) is 4.91. The predicted molar refractivity (Wildman–Crippen MR) is 91.2 cm³/mol. The molecule has 2 aromatic rings. The van der Waals surface area contributed by atoms with Gasteiger partial charge in [-0.05, 0) is 43.4 Å². The zero-order valence-corrected chi connectivity index (χ0v) is 13.5. The predicted octanol–water partition coefficient (Wildman–Crippen LogP) is 4.16. The molecule has 2 aromatic carbocycles. The summed E-state index contributed by atoms with van der Waals surface area (Å²) in [6.45, 7) is 6.17. The molecule has 0 aromatic heterocycles. The SMILES string of the molecule is Cc1ccc(C(NCC2CCCO2)c2ccccc2)c(C)c1. The number of nitrogens with one attached hydrogen (secondary N) is 1. The average molecular weight is 295 g/mol. The standard InChI is InChI=1S/C20H25NO/c1-15-10-11-19(16(2)13-15)20(17-7-4-3-5-8-17)21-14-18-9-6-12-22-18/h3-5,7-8,10-11,13,18,20-21H,6,9,12,14H2,1-2H3. The Bertz CT molecular complexity index is 602. The van der Waals surface area contributed by atoms with Crippen molar-refractivity contribution < 1.29 is 4.74 Å². The zero-order valence-electron chi connectivity index (χ0n) is 13.5. The molecular weight excluding hydrogens is 270 g/mol. The summed E-state index contributed by atoms with van der Waals surface area (Å²) in [6, 6.07) is 17.6. The second-order valence-corrected chi connectivity index (χ2v) is 6.25. The number of benzene rings is 2. The Morgan fingerprint density at radius 1 is 1.14 bits per heavy atom. The number of hydrogen-bond donors (Lipinski definition) is 1. The van der Waals surface area contributed by atoms with Gasteiger partial charge in [0.1, 0.15) is 0 Å². The molecule has 0 amide bonds. The van der Waals surface area contributed by atoms with E-state index in [0.29, 0.717) is 6.10 Å². The zero-order chi connectivity index (χ0) is 15.4. The molecule has 0 spiro atoms. The molecule has 3 rings (SSSR count). The van der Waals surface area contributed by atoms with Gasteiger partial charge >= 0.3 is 0 Å². The van der Waals surface area contributed by atoms with Gasteiger partial charge in [-0.25, -0.2) is 0 Å². The first kappa shape index (κ1) is 15.3. The van der Waals surface area contributed by atoms with E-state index in [1.165, 1.54) is 35.1 Å². The van der Waals surface area contributed by atoms with Crippen LogP contribution in [0.3, 0.4) is 0 Å². The maximum absolute atomic E-state index is 5.76. The number of aryl methyl sites for hydroxylation is 2. The van der Waals surface area contributed by atoms with Gasteiger partial charge in [0.25, 0.3) is 0 Å². The van der Waals surface area contributed by atoms with Crippen molar-refractivity contribution in [3.8, 4) is 0 Å². The topological polar surface area (TPSA) is 21.3 Å². The fourth-order valence-corrected chi connectivity index (χ4v) is 3.26. The Morgan fingerprint density at radius 2 is 1.95 bits per heavy atom. The van der Waals surface area contributed by atoms with Crippen LogP contribution in [-0.2, 0) is 4.74 Å². The third-order valence-corrected chi connectivity index (χ3v) is 4.44. The third-order valence-electron chi connectivity index (χ3n) is 4.44. The molecule has 2 atom stereocenters. The summed E-state index contributed by atoms with van der Waals surface area (Å²) in [5.41, 5.74) is 5.32. The van der Waals surface area contributed by atoms with Crippen molar-refractivity contribution in [2.75, 3.05) is 13.2 Å². The fraction of sp³-hybridized carbons (Fsp3) is 0.400. The molecule has 2 heteroatoms. The van der Waals surface area contributed by atoms with Gasteiger partial charge in [-0.2, -0.15) is 0 Å². The van der Waals surface area contributed by atoms with Gasteiger partial charge in [0.05, 0.1) is 12.1 Å². The van der Waals surface area contributed by atoms with Crippen LogP contribution < -0.4 is 5.32 Å². The van der Waals surface area contributed by atoms with Crippen molar-refractivity contribution in [3.05, 3.63) is 70.8 Å². The number of hydrogen-bond acceptors (Lipinski definition) is 2. The van der Waals surface area contributed by atoms with Crippen LogP contribution in [0.5, 0.6) is 0 Å². The quantitative estimate of drug-likeness (QED) is 0.894. The second kappa shape index (κ2) is 7.08. The van der Waals surface area contributed by atoms with Crippen molar-refractivity contribution >= 4 is 0 Å². The van der Waals surface area contributed by atoms with E-state index in [2.05, 4.69) is 67.7 Å². The van der Waals surface area contributed by atoms with Crippen LogP contribution in [0.25, 0.3) is 0 Å². The highest BCUT2D eigenvalue weighted by Gasteiger charge is 2.20. The third kappa shape index (κ3) is 3.57. The summed E-state index contributed by atoms with van der Waals surface area (Å²) in [4.78, 5) is 0. The van der Waals surface area contributed by atoms with Gasteiger partial charge in [-0.15, -0.1) is 0 Å². The molecule has 116 valence electrons. The molecule has 2 unspecified atom stereocenters. The second-order valence-electron chi connectivity index (χ2n) is 6.25. The highest BCUT2D eigenvalue weighted by molar-refractivity contribution is 5.38. The van der Waals surface area contributed by atoms with Gasteiger partial charge < -0.3 is 10.1 Å². The van der Waals surface area contributed by atoms with E-state index in [1.807, 2.05) is 0 Å². The van der Waals surface area contributed by atoms with Gasteiger partial charge in [-0.3, -0.25) is 0 Å². The Morgan fingerprint density at radius 3 is 2.64 bits per heavy atom. The molecule has 0 aliphatic carbocycles. The maximum Gasteiger partial charge on any atom is 0.0700 e.